The van der Waals surface area contributed by atoms with E-state index in [9.17, 15) is 0 Å². The molecule has 0 fully saturated rings. The van der Waals surface area contributed by atoms with Gasteiger partial charge in [-0.25, -0.2) is 0 Å². The summed E-state index contributed by atoms with van der Waals surface area (Å²) >= 11 is 0. The average molecular weight is 117 g/mol. The van der Waals surface area contributed by atoms with Crippen LogP contribution in [0.5, 0.6) is 0 Å². The van der Waals surface area contributed by atoms with Gasteiger partial charge in [0.1, 0.15) is 0 Å². The Bertz CT molecular complexity index is 164. The zero-order valence-corrected chi connectivity index (χ0v) is 5.59. The standard InChI is InChI=1S/C6H9B2N/c7-9-8-6-4-2-1-3-5-6/h1-5,8-9H,7H2. The maximum absolute atomic E-state index is 3.08. The first-order valence-electron chi connectivity index (χ1n) is 3.12. The molecule has 0 aliphatic rings. The highest BCUT2D eigenvalue weighted by molar-refractivity contribution is 6.56. The second-order valence-corrected chi connectivity index (χ2v) is 2.02. The second kappa shape index (κ2) is 3.36. The largest absolute Gasteiger partial charge is 0.403 e. The van der Waals surface area contributed by atoms with Crippen molar-refractivity contribution in [2.45, 2.75) is 0 Å². The van der Waals surface area contributed by atoms with Gasteiger partial charge in [0.15, 0.2) is 7.98 Å². The monoisotopic (exact) mass is 117 g/mol. The number of rotatable bonds is 2. The van der Waals surface area contributed by atoms with E-state index in [1.807, 2.05) is 26.2 Å². The molecule has 0 radical (unpaired) electrons. The van der Waals surface area contributed by atoms with Crippen LogP contribution in [0.3, 0.4) is 0 Å². The van der Waals surface area contributed by atoms with Crippen molar-refractivity contribution in [1.82, 2.24) is 5.14 Å². The van der Waals surface area contributed by atoms with Crippen molar-refractivity contribution >= 4 is 20.9 Å². The zero-order chi connectivity index (χ0) is 6.53. The SMILES string of the molecule is BNBc1ccccc1. The summed E-state index contributed by atoms with van der Waals surface area (Å²) < 4.78 is 0. The van der Waals surface area contributed by atoms with Crippen LogP contribution in [0.15, 0.2) is 30.3 Å². The minimum Gasteiger partial charge on any atom is -0.403 e. The third-order valence-electron chi connectivity index (χ3n) is 1.22. The van der Waals surface area contributed by atoms with Gasteiger partial charge >= 0.3 is 0 Å². The molecule has 9 heavy (non-hydrogen) atoms. The molecule has 3 heteroatoms. The molecule has 1 aromatic carbocycles. The molecule has 0 aliphatic carbocycles. The van der Waals surface area contributed by atoms with E-state index in [-0.39, 0.29) is 0 Å². The van der Waals surface area contributed by atoms with Crippen molar-refractivity contribution < 1.29 is 0 Å². The maximum Gasteiger partial charge on any atom is 0.224 e. The van der Waals surface area contributed by atoms with Crippen molar-refractivity contribution in [2.75, 3.05) is 0 Å². The molecule has 1 nitrogen and oxygen atoms in total. The van der Waals surface area contributed by atoms with Gasteiger partial charge in [-0.15, -0.1) is 0 Å². The van der Waals surface area contributed by atoms with Gasteiger partial charge in [0.2, 0.25) is 7.41 Å². The molecule has 0 aliphatic heterocycles. The molecule has 0 saturated carbocycles. The molecular formula is C6H9B2N. The van der Waals surface area contributed by atoms with Gasteiger partial charge in [0.05, 0.1) is 0 Å². The van der Waals surface area contributed by atoms with Crippen LogP contribution in [0.4, 0.5) is 0 Å². The highest BCUT2D eigenvalue weighted by Crippen LogP contribution is 1.78. The van der Waals surface area contributed by atoms with E-state index < -0.39 is 0 Å². The molecule has 0 atom stereocenters. The molecule has 0 heterocycles. The van der Waals surface area contributed by atoms with E-state index in [1.165, 1.54) is 5.46 Å². The molecule has 0 amide bonds. The van der Waals surface area contributed by atoms with E-state index in [0.29, 0.717) is 0 Å². The maximum atomic E-state index is 3.08. The van der Waals surface area contributed by atoms with Crippen molar-refractivity contribution in [2.24, 2.45) is 0 Å². The number of hydrogen-bond acceptors (Lipinski definition) is 1. The van der Waals surface area contributed by atoms with Gasteiger partial charge in [-0.05, 0) is 0 Å². The molecule has 0 saturated heterocycles. The molecular weight excluding hydrogens is 108 g/mol. The lowest BCUT2D eigenvalue weighted by Crippen LogP contribution is -2.27. The Morgan fingerprint density at radius 3 is 2.44 bits per heavy atom. The molecule has 1 aromatic rings. The summed E-state index contributed by atoms with van der Waals surface area (Å²) in [4.78, 5) is 0. The lowest BCUT2D eigenvalue weighted by molar-refractivity contribution is 1.62. The van der Waals surface area contributed by atoms with E-state index >= 15 is 0 Å². The quantitative estimate of drug-likeness (QED) is 0.479. The van der Waals surface area contributed by atoms with Crippen LogP contribution < -0.4 is 10.6 Å². The van der Waals surface area contributed by atoms with Crippen LogP contribution in [-0.4, -0.2) is 15.4 Å². The van der Waals surface area contributed by atoms with Crippen molar-refractivity contribution in [1.29, 1.82) is 0 Å². The molecule has 1 N–H and O–H groups in total. The normalized spacial score (nSPS) is 8.89. The molecule has 0 spiro atoms. The topological polar surface area (TPSA) is 12.0 Å². The minimum absolute atomic E-state index is 0.959. The molecule has 0 unspecified atom stereocenters. The first-order valence-corrected chi connectivity index (χ1v) is 3.12. The van der Waals surface area contributed by atoms with Gasteiger partial charge in [-0.2, -0.15) is 0 Å². The predicted molar refractivity (Wildman–Crippen MR) is 44.9 cm³/mol. The third-order valence-corrected chi connectivity index (χ3v) is 1.22. The van der Waals surface area contributed by atoms with Crippen LogP contribution >= 0.6 is 0 Å². The van der Waals surface area contributed by atoms with Crippen LogP contribution in [0, 0.1) is 0 Å². The van der Waals surface area contributed by atoms with Gasteiger partial charge in [-0.3, -0.25) is 0 Å². The highest BCUT2D eigenvalue weighted by atomic mass is 14.6. The third kappa shape index (κ3) is 1.94. The lowest BCUT2D eigenvalue weighted by Gasteiger charge is -1.93. The van der Waals surface area contributed by atoms with E-state index in [1.54, 1.807) is 0 Å². The second-order valence-electron chi connectivity index (χ2n) is 2.02. The Labute approximate surface area is 57.2 Å². The summed E-state index contributed by atoms with van der Waals surface area (Å²) in [5.74, 6) is 0. The van der Waals surface area contributed by atoms with Gasteiger partial charge < -0.3 is 5.14 Å². The highest BCUT2D eigenvalue weighted by Gasteiger charge is 1.86. The summed E-state index contributed by atoms with van der Waals surface area (Å²) in [6.07, 6.45) is 0. The first-order chi connectivity index (χ1) is 4.43. The Balaban J connectivity index is 2.61. The summed E-state index contributed by atoms with van der Waals surface area (Å²) in [5, 5.41) is 3.08. The van der Waals surface area contributed by atoms with Crippen LogP contribution in [0.25, 0.3) is 0 Å². The Morgan fingerprint density at radius 1 is 1.22 bits per heavy atom. The van der Waals surface area contributed by atoms with E-state index in [0.717, 1.165) is 7.41 Å². The first kappa shape index (κ1) is 6.43. The number of nitrogens with one attached hydrogen (secondary N) is 1. The summed E-state index contributed by atoms with van der Waals surface area (Å²) in [6.45, 7) is 0. The molecule has 44 valence electrons. The minimum atomic E-state index is 0.959. The zero-order valence-electron chi connectivity index (χ0n) is 5.59. The van der Waals surface area contributed by atoms with Crippen molar-refractivity contribution in [3.05, 3.63) is 30.3 Å². The van der Waals surface area contributed by atoms with Crippen LogP contribution in [-0.2, 0) is 0 Å². The number of hydrogen-bond donors (Lipinski definition) is 1. The molecule has 0 aromatic heterocycles. The van der Waals surface area contributed by atoms with Crippen molar-refractivity contribution in [3.63, 3.8) is 0 Å². The van der Waals surface area contributed by atoms with E-state index in [2.05, 4.69) is 17.3 Å². The fourth-order valence-corrected chi connectivity index (χ4v) is 0.800. The Morgan fingerprint density at radius 2 is 1.89 bits per heavy atom. The summed E-state index contributed by atoms with van der Waals surface area (Å²) in [5.41, 5.74) is 1.33. The summed E-state index contributed by atoms with van der Waals surface area (Å²) in [7, 11) is 2.91. The Kier molecular flexibility index (Phi) is 2.40. The molecule has 0 bridgehead atoms. The average Bonchev–Trinajstić information content (AvgIpc) is 1.91. The fourth-order valence-electron chi connectivity index (χ4n) is 0.800. The predicted octanol–water partition coefficient (Wildman–Crippen LogP) is -1.20. The van der Waals surface area contributed by atoms with Gasteiger partial charge in [0.25, 0.3) is 0 Å². The lowest BCUT2D eigenvalue weighted by atomic mass is 9.81. The Hall–Kier alpha value is -0.690. The van der Waals surface area contributed by atoms with Crippen LogP contribution in [0.1, 0.15) is 0 Å². The summed E-state index contributed by atoms with van der Waals surface area (Å²) in [6, 6.07) is 10.3. The van der Waals surface area contributed by atoms with Crippen LogP contribution in [0.2, 0.25) is 0 Å². The number of benzene rings is 1. The smallest absolute Gasteiger partial charge is 0.224 e. The van der Waals surface area contributed by atoms with Gasteiger partial charge in [0, 0.05) is 0 Å². The van der Waals surface area contributed by atoms with Crippen molar-refractivity contribution in [3.8, 4) is 0 Å². The molecule has 1 rings (SSSR count). The van der Waals surface area contributed by atoms with E-state index in [4.69, 9.17) is 0 Å². The fraction of sp³-hybridized carbons (Fsp3) is 0. The van der Waals surface area contributed by atoms with Gasteiger partial charge in [-0.1, -0.05) is 35.8 Å².